The van der Waals surface area contributed by atoms with Crippen molar-refractivity contribution >= 4 is 32.7 Å². The molecule has 3 heterocycles. The average Bonchev–Trinajstić information content (AvgIpc) is 3.31. The molecule has 1 aliphatic rings. The van der Waals surface area contributed by atoms with Gasteiger partial charge in [0.1, 0.15) is 22.8 Å². The van der Waals surface area contributed by atoms with Crippen LogP contribution >= 0.6 is 0 Å². The number of phenols is 1. The Hall–Kier alpha value is -4.38. The zero-order chi connectivity index (χ0) is 29.1. The first-order valence-corrected chi connectivity index (χ1v) is 15.1. The normalized spacial score (nSPS) is 14.3. The quantitative estimate of drug-likeness (QED) is 0.235. The zero-order valence-electron chi connectivity index (χ0n) is 25.1. The van der Waals surface area contributed by atoms with Gasteiger partial charge in [-0.05, 0) is 117 Å². The van der Waals surface area contributed by atoms with Crippen LogP contribution < -0.4 is 4.74 Å². The van der Waals surface area contributed by atoms with E-state index < -0.39 is 0 Å². The lowest BCUT2D eigenvalue weighted by atomic mass is 9.83. The van der Waals surface area contributed by atoms with E-state index in [1.807, 2.05) is 18.3 Å². The van der Waals surface area contributed by atoms with E-state index >= 15 is 0 Å². The molecule has 1 saturated carbocycles. The molecule has 1 N–H and O–H groups in total. The maximum absolute atomic E-state index is 11.1. The van der Waals surface area contributed by atoms with Crippen LogP contribution in [0.2, 0.25) is 0 Å². The van der Waals surface area contributed by atoms with Crippen molar-refractivity contribution in [2.45, 2.75) is 72.6 Å². The topological polar surface area (TPSA) is 60.2 Å². The predicted molar refractivity (Wildman–Crippen MR) is 172 cm³/mol. The molecule has 0 amide bonds. The van der Waals surface area contributed by atoms with Gasteiger partial charge in [-0.1, -0.05) is 31.4 Å². The Morgan fingerprint density at radius 1 is 0.786 bits per heavy atom. The third-order valence-electron chi connectivity index (χ3n) is 9.26. The number of hydrogen-bond acceptors (Lipinski definition) is 4. The highest BCUT2D eigenvalue weighted by Crippen LogP contribution is 2.41. The predicted octanol–water partition coefficient (Wildman–Crippen LogP) is 9.81. The van der Waals surface area contributed by atoms with Crippen LogP contribution in [0.1, 0.15) is 71.4 Å². The van der Waals surface area contributed by atoms with Crippen LogP contribution in [0, 0.1) is 34.6 Å². The maximum Gasteiger partial charge on any atom is 0.220 e. The van der Waals surface area contributed by atoms with Crippen molar-refractivity contribution < 1.29 is 9.84 Å². The molecule has 0 saturated heterocycles. The molecule has 42 heavy (non-hydrogen) atoms. The Kier molecular flexibility index (Phi) is 6.41. The monoisotopic (exact) mass is 555 g/mol. The van der Waals surface area contributed by atoms with Gasteiger partial charge in [-0.3, -0.25) is 4.57 Å². The molecule has 3 aromatic carbocycles. The third-order valence-corrected chi connectivity index (χ3v) is 9.26. The van der Waals surface area contributed by atoms with Gasteiger partial charge in [-0.2, -0.15) is 0 Å². The van der Waals surface area contributed by atoms with Crippen molar-refractivity contribution in [2.24, 2.45) is 0 Å². The SMILES string of the molecule is Cc1ccc(-n2c3cc(Oc4cc(C)c5cc(C6CCCCC6)cc(O)c5n4)cc(C)c3c3c(C)c(C)ccc32)nc1. The molecule has 0 radical (unpaired) electrons. The van der Waals surface area contributed by atoms with E-state index in [1.165, 1.54) is 59.6 Å². The number of aromatic hydroxyl groups is 1. The van der Waals surface area contributed by atoms with E-state index in [-0.39, 0.29) is 5.75 Å². The molecule has 0 aliphatic heterocycles. The van der Waals surface area contributed by atoms with Crippen molar-refractivity contribution in [1.82, 2.24) is 14.5 Å². The molecular formula is C37H37N3O2. The van der Waals surface area contributed by atoms with E-state index in [9.17, 15) is 5.11 Å². The molecule has 1 fully saturated rings. The van der Waals surface area contributed by atoms with Crippen LogP contribution in [0.3, 0.4) is 0 Å². The number of hydrogen-bond donors (Lipinski definition) is 1. The number of phenolic OH excluding ortho intramolecular Hbond substituents is 1. The number of nitrogens with zero attached hydrogens (tertiary/aromatic N) is 3. The van der Waals surface area contributed by atoms with E-state index in [2.05, 4.69) is 81.7 Å². The van der Waals surface area contributed by atoms with Gasteiger partial charge >= 0.3 is 0 Å². The van der Waals surface area contributed by atoms with Gasteiger partial charge in [-0.25, -0.2) is 9.97 Å². The molecule has 212 valence electrons. The largest absolute Gasteiger partial charge is 0.506 e. The molecule has 0 atom stereocenters. The minimum absolute atomic E-state index is 0.227. The average molecular weight is 556 g/mol. The first kappa shape index (κ1) is 26.5. The minimum atomic E-state index is 0.227. The highest BCUT2D eigenvalue weighted by molar-refractivity contribution is 6.13. The Balaban J connectivity index is 1.36. The molecule has 0 spiro atoms. The van der Waals surface area contributed by atoms with Gasteiger partial charge in [-0.15, -0.1) is 0 Å². The number of pyridine rings is 2. The summed E-state index contributed by atoms with van der Waals surface area (Å²) in [6.07, 6.45) is 8.12. The zero-order valence-corrected chi connectivity index (χ0v) is 25.1. The molecule has 7 rings (SSSR count). The molecule has 0 unspecified atom stereocenters. The van der Waals surface area contributed by atoms with Crippen LogP contribution in [0.15, 0.2) is 60.8 Å². The second-order valence-corrected chi connectivity index (χ2v) is 12.2. The second-order valence-electron chi connectivity index (χ2n) is 12.2. The smallest absolute Gasteiger partial charge is 0.220 e. The number of ether oxygens (including phenoxy) is 1. The Bertz CT molecular complexity index is 2000. The highest BCUT2D eigenvalue weighted by atomic mass is 16.5. The van der Waals surface area contributed by atoms with Crippen molar-refractivity contribution in [3.05, 3.63) is 94.2 Å². The molecule has 3 aromatic heterocycles. The summed E-state index contributed by atoms with van der Waals surface area (Å²) in [5, 5.41) is 14.5. The molecular weight excluding hydrogens is 518 g/mol. The van der Waals surface area contributed by atoms with E-state index in [0.29, 0.717) is 23.1 Å². The van der Waals surface area contributed by atoms with Gasteiger partial charge in [0.15, 0.2) is 0 Å². The number of fused-ring (bicyclic) bond motifs is 4. The van der Waals surface area contributed by atoms with Crippen LogP contribution in [0.5, 0.6) is 17.4 Å². The Morgan fingerprint density at radius 2 is 1.60 bits per heavy atom. The number of rotatable bonds is 4. The number of benzene rings is 3. The summed E-state index contributed by atoms with van der Waals surface area (Å²) in [6, 6.07) is 18.9. The van der Waals surface area contributed by atoms with Gasteiger partial charge in [0.05, 0.1) is 11.0 Å². The van der Waals surface area contributed by atoms with E-state index in [0.717, 1.165) is 38.9 Å². The summed E-state index contributed by atoms with van der Waals surface area (Å²) in [4.78, 5) is 9.59. The highest BCUT2D eigenvalue weighted by Gasteiger charge is 2.21. The minimum Gasteiger partial charge on any atom is -0.506 e. The summed E-state index contributed by atoms with van der Waals surface area (Å²) in [6.45, 7) is 10.6. The lowest BCUT2D eigenvalue weighted by molar-refractivity contribution is 0.438. The Labute approximate surface area is 246 Å². The maximum atomic E-state index is 11.1. The second kappa shape index (κ2) is 10.2. The standard InChI is InChI=1S/C37H37N3O2/c1-21-11-14-33(38-20-21)40-30-13-12-22(2)25(5)36(30)35-24(4)15-28(19-31(35)40)42-34-16-23(3)29-17-27(18-32(41)37(29)39-34)26-9-7-6-8-10-26/h11-20,26,41H,6-10H2,1-5H3. The summed E-state index contributed by atoms with van der Waals surface area (Å²) in [5.41, 5.74) is 9.82. The van der Waals surface area contributed by atoms with Gasteiger partial charge < -0.3 is 9.84 Å². The van der Waals surface area contributed by atoms with Crippen LogP contribution in [0.25, 0.3) is 38.5 Å². The van der Waals surface area contributed by atoms with Crippen molar-refractivity contribution in [3.63, 3.8) is 0 Å². The third kappa shape index (κ3) is 4.39. The van der Waals surface area contributed by atoms with E-state index in [4.69, 9.17) is 14.7 Å². The van der Waals surface area contributed by atoms with Crippen LogP contribution in [0.4, 0.5) is 0 Å². The van der Waals surface area contributed by atoms with Gasteiger partial charge in [0.2, 0.25) is 5.88 Å². The Morgan fingerprint density at radius 3 is 2.36 bits per heavy atom. The number of aromatic nitrogens is 3. The molecule has 0 bridgehead atoms. The first-order valence-electron chi connectivity index (χ1n) is 15.1. The lowest BCUT2D eigenvalue weighted by Gasteiger charge is -2.22. The fourth-order valence-electron chi connectivity index (χ4n) is 6.88. The fourth-order valence-corrected chi connectivity index (χ4v) is 6.88. The molecule has 6 aromatic rings. The van der Waals surface area contributed by atoms with Crippen molar-refractivity contribution in [2.75, 3.05) is 0 Å². The van der Waals surface area contributed by atoms with Crippen LogP contribution in [-0.4, -0.2) is 19.6 Å². The summed E-state index contributed by atoms with van der Waals surface area (Å²) in [7, 11) is 0. The van der Waals surface area contributed by atoms with Crippen molar-refractivity contribution in [3.8, 4) is 23.2 Å². The summed E-state index contributed by atoms with van der Waals surface area (Å²) >= 11 is 0. The van der Waals surface area contributed by atoms with Crippen LogP contribution in [-0.2, 0) is 0 Å². The van der Waals surface area contributed by atoms with Gasteiger partial charge in [0.25, 0.3) is 0 Å². The lowest BCUT2D eigenvalue weighted by Crippen LogP contribution is -2.04. The van der Waals surface area contributed by atoms with Gasteiger partial charge in [0, 0.05) is 34.5 Å². The van der Waals surface area contributed by atoms with Crippen molar-refractivity contribution in [1.29, 1.82) is 0 Å². The molecule has 5 nitrogen and oxygen atoms in total. The fraction of sp³-hybridized carbons (Fsp3) is 0.297. The summed E-state index contributed by atoms with van der Waals surface area (Å²) < 4.78 is 8.69. The molecule has 1 aliphatic carbocycles. The number of aryl methyl sites for hydroxylation is 5. The molecule has 5 heteroatoms. The summed E-state index contributed by atoms with van der Waals surface area (Å²) in [5.74, 6) is 2.79. The first-order chi connectivity index (χ1) is 20.3. The van der Waals surface area contributed by atoms with E-state index in [1.54, 1.807) is 0 Å².